The quantitative estimate of drug-likeness (QED) is 0.922. The minimum atomic E-state index is -0.192. The molecule has 0 aliphatic rings. The van der Waals surface area contributed by atoms with Crippen LogP contribution in [0.25, 0.3) is 12.2 Å². The number of aromatic nitrogens is 1. The van der Waals surface area contributed by atoms with E-state index >= 15 is 0 Å². The Bertz CT molecular complexity index is 646. The Hall–Kier alpha value is -2.29. The molecule has 20 heavy (non-hydrogen) atoms. The largest absolute Gasteiger partial charge is 0.488 e. The first-order valence-corrected chi connectivity index (χ1v) is 6.58. The van der Waals surface area contributed by atoms with Crippen molar-refractivity contribution >= 4 is 12.2 Å². The minimum Gasteiger partial charge on any atom is -0.488 e. The average molecular weight is 269 g/mol. The van der Waals surface area contributed by atoms with Gasteiger partial charge in [-0.25, -0.2) is 0 Å². The van der Waals surface area contributed by atoms with Gasteiger partial charge in [-0.1, -0.05) is 24.3 Å². The van der Waals surface area contributed by atoms with Crippen molar-refractivity contribution in [2.45, 2.75) is 26.4 Å². The van der Waals surface area contributed by atoms with Gasteiger partial charge in [0.05, 0.1) is 0 Å². The summed E-state index contributed by atoms with van der Waals surface area (Å²) in [6, 6.07) is 11.3. The Morgan fingerprint density at radius 3 is 2.25 bits per heavy atom. The first-order chi connectivity index (χ1) is 9.42. The van der Waals surface area contributed by atoms with E-state index in [1.54, 1.807) is 12.3 Å². The van der Waals surface area contributed by atoms with E-state index < -0.39 is 0 Å². The summed E-state index contributed by atoms with van der Waals surface area (Å²) >= 11 is 0. The first kappa shape index (κ1) is 14.1. The lowest BCUT2D eigenvalue weighted by molar-refractivity contribution is 0.131. The fourth-order valence-electron chi connectivity index (χ4n) is 1.76. The normalized spacial score (nSPS) is 11.8. The molecule has 0 saturated heterocycles. The van der Waals surface area contributed by atoms with Crippen LogP contribution in [0.4, 0.5) is 0 Å². The topological polar surface area (TPSA) is 42.1 Å². The molecule has 0 radical (unpaired) electrons. The van der Waals surface area contributed by atoms with E-state index in [0.717, 1.165) is 16.9 Å². The van der Waals surface area contributed by atoms with Gasteiger partial charge in [-0.3, -0.25) is 4.79 Å². The third-order valence-corrected chi connectivity index (χ3v) is 2.57. The van der Waals surface area contributed by atoms with Crippen molar-refractivity contribution in [2.24, 2.45) is 0 Å². The van der Waals surface area contributed by atoms with Gasteiger partial charge in [-0.2, -0.15) is 0 Å². The molecule has 0 atom stereocenters. The van der Waals surface area contributed by atoms with Crippen molar-refractivity contribution in [1.82, 2.24) is 4.98 Å². The highest BCUT2D eigenvalue weighted by molar-refractivity contribution is 5.69. The predicted octanol–water partition coefficient (Wildman–Crippen LogP) is 3.72. The van der Waals surface area contributed by atoms with Crippen molar-refractivity contribution < 1.29 is 4.74 Å². The SMILES string of the molecule is CC(C)(C)Oc1ccc(/C=C/c2cc[nH]c(=O)c2)cc1. The van der Waals surface area contributed by atoms with Gasteiger partial charge in [-0.05, 0) is 50.1 Å². The van der Waals surface area contributed by atoms with Gasteiger partial charge >= 0.3 is 0 Å². The Morgan fingerprint density at radius 1 is 1.00 bits per heavy atom. The van der Waals surface area contributed by atoms with Crippen LogP contribution in [0.2, 0.25) is 0 Å². The van der Waals surface area contributed by atoms with E-state index in [1.165, 1.54) is 0 Å². The molecular formula is C17H19NO2. The standard InChI is InChI=1S/C17H19NO2/c1-17(2,3)20-15-8-6-13(7-9-15)4-5-14-10-11-18-16(19)12-14/h4-12H,1-3H3,(H,18,19)/b5-4+. The number of H-pyrrole nitrogens is 1. The first-order valence-electron chi connectivity index (χ1n) is 6.58. The average Bonchev–Trinajstić information content (AvgIpc) is 2.36. The molecule has 3 nitrogen and oxygen atoms in total. The lowest BCUT2D eigenvalue weighted by Gasteiger charge is -2.21. The molecule has 1 aromatic carbocycles. The zero-order valence-corrected chi connectivity index (χ0v) is 12.0. The summed E-state index contributed by atoms with van der Waals surface area (Å²) in [5.41, 5.74) is 1.65. The molecule has 104 valence electrons. The van der Waals surface area contributed by atoms with Crippen LogP contribution in [-0.4, -0.2) is 10.6 Å². The lowest BCUT2D eigenvalue weighted by atomic mass is 10.1. The Morgan fingerprint density at radius 2 is 1.65 bits per heavy atom. The summed E-state index contributed by atoms with van der Waals surface area (Å²) < 4.78 is 5.77. The van der Waals surface area contributed by atoms with Crippen molar-refractivity contribution in [2.75, 3.05) is 0 Å². The predicted molar refractivity (Wildman–Crippen MR) is 82.8 cm³/mol. The number of hydrogen-bond donors (Lipinski definition) is 1. The molecule has 0 bridgehead atoms. The maximum absolute atomic E-state index is 11.2. The van der Waals surface area contributed by atoms with Crippen LogP contribution in [-0.2, 0) is 0 Å². The molecular weight excluding hydrogens is 250 g/mol. The van der Waals surface area contributed by atoms with Crippen molar-refractivity contribution in [3.63, 3.8) is 0 Å². The summed E-state index contributed by atoms with van der Waals surface area (Å²) in [6.45, 7) is 6.06. The van der Waals surface area contributed by atoms with Gasteiger partial charge in [0.2, 0.25) is 5.56 Å². The summed E-state index contributed by atoms with van der Waals surface area (Å²) in [5.74, 6) is 0.853. The van der Waals surface area contributed by atoms with Crippen LogP contribution in [0, 0.1) is 0 Å². The summed E-state index contributed by atoms with van der Waals surface area (Å²) in [6.07, 6.45) is 5.52. The maximum atomic E-state index is 11.2. The van der Waals surface area contributed by atoms with Crippen molar-refractivity contribution in [3.05, 3.63) is 64.1 Å². The fraction of sp³-hybridized carbons (Fsp3) is 0.235. The van der Waals surface area contributed by atoms with E-state index in [0.29, 0.717) is 0 Å². The molecule has 0 fully saturated rings. The van der Waals surface area contributed by atoms with Gasteiger partial charge in [0, 0.05) is 12.3 Å². The highest BCUT2D eigenvalue weighted by Crippen LogP contribution is 2.19. The monoisotopic (exact) mass is 269 g/mol. The summed E-state index contributed by atoms with van der Waals surface area (Å²) in [4.78, 5) is 13.8. The van der Waals surface area contributed by atoms with Crippen LogP contribution in [0.3, 0.4) is 0 Å². The summed E-state index contributed by atoms with van der Waals surface area (Å²) in [7, 11) is 0. The van der Waals surface area contributed by atoms with E-state index in [1.807, 2.05) is 63.3 Å². The van der Waals surface area contributed by atoms with Crippen LogP contribution < -0.4 is 10.3 Å². The molecule has 1 N–H and O–H groups in total. The van der Waals surface area contributed by atoms with Crippen LogP contribution in [0.1, 0.15) is 31.9 Å². The smallest absolute Gasteiger partial charge is 0.248 e. The number of rotatable bonds is 3. The number of ether oxygens (including phenoxy) is 1. The van der Waals surface area contributed by atoms with Gasteiger partial charge < -0.3 is 9.72 Å². The van der Waals surface area contributed by atoms with E-state index in [9.17, 15) is 4.79 Å². The second kappa shape index (κ2) is 5.78. The molecule has 0 spiro atoms. The highest BCUT2D eigenvalue weighted by Gasteiger charge is 2.10. The summed E-state index contributed by atoms with van der Waals surface area (Å²) in [5, 5.41) is 0. The van der Waals surface area contributed by atoms with Gasteiger partial charge in [-0.15, -0.1) is 0 Å². The van der Waals surface area contributed by atoms with E-state index in [2.05, 4.69) is 4.98 Å². The second-order valence-corrected chi connectivity index (χ2v) is 5.60. The van der Waals surface area contributed by atoms with E-state index in [-0.39, 0.29) is 11.2 Å². The Kier molecular flexibility index (Phi) is 4.08. The molecule has 0 saturated carbocycles. The highest BCUT2D eigenvalue weighted by atomic mass is 16.5. The zero-order chi connectivity index (χ0) is 14.6. The van der Waals surface area contributed by atoms with Gasteiger partial charge in [0.25, 0.3) is 0 Å². The van der Waals surface area contributed by atoms with Crippen LogP contribution in [0.15, 0.2) is 47.4 Å². The Balaban J connectivity index is 2.09. The van der Waals surface area contributed by atoms with Crippen LogP contribution in [0.5, 0.6) is 5.75 Å². The molecule has 1 heterocycles. The third-order valence-electron chi connectivity index (χ3n) is 2.57. The molecule has 1 aromatic heterocycles. The van der Waals surface area contributed by atoms with Crippen LogP contribution >= 0.6 is 0 Å². The molecule has 2 aromatic rings. The molecule has 0 unspecified atom stereocenters. The maximum Gasteiger partial charge on any atom is 0.248 e. The van der Waals surface area contributed by atoms with Crippen molar-refractivity contribution in [1.29, 1.82) is 0 Å². The molecule has 2 rings (SSSR count). The number of aromatic amines is 1. The molecule has 0 aliphatic carbocycles. The number of benzene rings is 1. The Labute approximate surface area is 118 Å². The van der Waals surface area contributed by atoms with Gasteiger partial charge in [0.15, 0.2) is 0 Å². The molecule has 0 amide bonds. The molecule has 3 heteroatoms. The van der Waals surface area contributed by atoms with Crippen molar-refractivity contribution in [3.8, 4) is 5.75 Å². The minimum absolute atomic E-state index is 0.0962. The lowest BCUT2D eigenvalue weighted by Crippen LogP contribution is -2.22. The number of pyridine rings is 1. The zero-order valence-electron chi connectivity index (χ0n) is 12.0. The number of nitrogens with one attached hydrogen (secondary N) is 1. The number of hydrogen-bond acceptors (Lipinski definition) is 2. The third kappa shape index (κ3) is 4.43. The molecule has 0 aliphatic heterocycles. The van der Waals surface area contributed by atoms with E-state index in [4.69, 9.17) is 4.74 Å². The second-order valence-electron chi connectivity index (χ2n) is 5.60. The fourth-order valence-corrected chi connectivity index (χ4v) is 1.76. The van der Waals surface area contributed by atoms with Gasteiger partial charge in [0.1, 0.15) is 11.4 Å².